The van der Waals surface area contributed by atoms with E-state index in [2.05, 4.69) is 15.0 Å². The van der Waals surface area contributed by atoms with Gasteiger partial charge in [-0.1, -0.05) is 18.5 Å². The summed E-state index contributed by atoms with van der Waals surface area (Å²) in [5.74, 6) is 0.916. The van der Waals surface area contributed by atoms with Gasteiger partial charge in [-0.2, -0.15) is 5.10 Å². The average molecular weight is 293 g/mol. The first-order chi connectivity index (χ1) is 9.67. The minimum atomic E-state index is -0.477. The van der Waals surface area contributed by atoms with E-state index in [0.29, 0.717) is 11.4 Å². The van der Waals surface area contributed by atoms with Gasteiger partial charge >= 0.3 is 0 Å². The molecule has 5 nitrogen and oxygen atoms in total. The van der Waals surface area contributed by atoms with E-state index in [1.54, 1.807) is 6.20 Å². The number of hydrogen-bond donors (Lipinski definition) is 1. The van der Waals surface area contributed by atoms with Crippen LogP contribution >= 0.6 is 11.6 Å². The van der Waals surface area contributed by atoms with Gasteiger partial charge in [0.25, 0.3) is 0 Å². The van der Waals surface area contributed by atoms with Crippen molar-refractivity contribution in [3.05, 3.63) is 40.8 Å². The lowest BCUT2D eigenvalue weighted by atomic mass is 10.2. The van der Waals surface area contributed by atoms with Gasteiger partial charge in [0.15, 0.2) is 0 Å². The first-order valence-corrected chi connectivity index (χ1v) is 7.16. The smallest absolute Gasteiger partial charge is 0.128 e. The predicted molar refractivity (Wildman–Crippen MR) is 77.8 cm³/mol. The molecule has 20 heavy (non-hydrogen) atoms. The Morgan fingerprint density at radius 3 is 2.95 bits per heavy atom. The van der Waals surface area contributed by atoms with Crippen LogP contribution in [0.1, 0.15) is 30.8 Å². The summed E-state index contributed by atoms with van der Waals surface area (Å²) in [6.07, 6.45) is 1.86. The van der Waals surface area contributed by atoms with Crippen LogP contribution in [-0.2, 0) is 13.1 Å². The van der Waals surface area contributed by atoms with Crippen LogP contribution in [0.4, 0.5) is 5.82 Å². The fraction of sp³-hybridized carbons (Fsp3) is 0.429. The van der Waals surface area contributed by atoms with Gasteiger partial charge in [0.2, 0.25) is 0 Å². The number of rotatable bonds is 3. The lowest BCUT2D eigenvalue weighted by Gasteiger charge is -2.28. The molecule has 3 rings (SSSR count). The summed E-state index contributed by atoms with van der Waals surface area (Å²) in [5.41, 5.74) is 1.86. The lowest BCUT2D eigenvalue weighted by molar-refractivity contribution is 0.168. The normalized spacial score (nSPS) is 16.1. The molecule has 1 N–H and O–H groups in total. The molecule has 106 valence electrons. The van der Waals surface area contributed by atoms with Crippen LogP contribution in [0.2, 0.25) is 5.02 Å². The van der Waals surface area contributed by atoms with Crippen LogP contribution in [0.5, 0.6) is 0 Å². The Kier molecular flexibility index (Phi) is 3.63. The van der Waals surface area contributed by atoms with Gasteiger partial charge in [-0.15, -0.1) is 0 Å². The SMILES string of the molecule is CC[C@H](O)c1cc2n(n1)CCN(c1ccc(Cl)cn1)C2. The summed E-state index contributed by atoms with van der Waals surface area (Å²) in [7, 11) is 0. The molecule has 0 saturated heterocycles. The largest absolute Gasteiger partial charge is 0.387 e. The summed E-state index contributed by atoms with van der Waals surface area (Å²) in [5, 5.41) is 15.0. The topological polar surface area (TPSA) is 54.2 Å². The molecule has 0 amide bonds. The number of hydrogen-bond acceptors (Lipinski definition) is 4. The molecule has 1 atom stereocenters. The van der Waals surface area contributed by atoms with E-state index in [9.17, 15) is 5.11 Å². The number of fused-ring (bicyclic) bond motifs is 1. The summed E-state index contributed by atoms with van der Waals surface area (Å²) < 4.78 is 1.97. The Bertz CT molecular complexity index is 596. The molecule has 0 fully saturated rings. The van der Waals surface area contributed by atoms with Gasteiger partial charge in [-0.05, 0) is 24.6 Å². The maximum Gasteiger partial charge on any atom is 0.128 e. The highest BCUT2D eigenvalue weighted by Gasteiger charge is 2.21. The Labute approximate surface area is 122 Å². The van der Waals surface area contributed by atoms with Crippen LogP contribution in [0.25, 0.3) is 0 Å². The molecule has 0 radical (unpaired) electrons. The second kappa shape index (κ2) is 5.42. The predicted octanol–water partition coefficient (Wildman–Crippen LogP) is 2.40. The standard InChI is InChI=1S/C14H17ClN4O/c1-2-13(20)12-7-11-9-18(5-6-19(11)17-12)14-4-3-10(15)8-16-14/h3-4,7-8,13,20H,2,5-6,9H2,1H3/t13-/m0/s1. The Hall–Kier alpha value is -1.59. The number of anilines is 1. The third-order valence-corrected chi connectivity index (χ3v) is 3.80. The fourth-order valence-electron chi connectivity index (χ4n) is 2.41. The molecule has 2 aromatic rings. The third kappa shape index (κ3) is 2.51. The van der Waals surface area contributed by atoms with Crippen LogP contribution in [0.3, 0.4) is 0 Å². The second-order valence-electron chi connectivity index (χ2n) is 4.96. The van der Waals surface area contributed by atoms with E-state index >= 15 is 0 Å². The van der Waals surface area contributed by atoms with Crippen molar-refractivity contribution in [2.24, 2.45) is 0 Å². The summed E-state index contributed by atoms with van der Waals surface area (Å²) in [6, 6.07) is 5.76. The van der Waals surface area contributed by atoms with Gasteiger partial charge in [0.05, 0.1) is 35.6 Å². The van der Waals surface area contributed by atoms with Gasteiger partial charge < -0.3 is 10.0 Å². The van der Waals surface area contributed by atoms with Gasteiger partial charge in [-0.25, -0.2) is 4.98 Å². The molecule has 0 aliphatic carbocycles. The van der Waals surface area contributed by atoms with Crippen LogP contribution in [0.15, 0.2) is 24.4 Å². The van der Waals surface area contributed by atoms with Crippen LogP contribution in [0, 0.1) is 0 Å². The number of pyridine rings is 1. The van der Waals surface area contributed by atoms with E-state index in [1.807, 2.05) is 29.8 Å². The Balaban J connectivity index is 1.81. The number of aliphatic hydroxyl groups is 1. The van der Waals surface area contributed by atoms with E-state index in [0.717, 1.165) is 36.8 Å². The van der Waals surface area contributed by atoms with Crippen molar-refractivity contribution in [3.63, 3.8) is 0 Å². The molecule has 0 spiro atoms. The molecule has 2 aromatic heterocycles. The van der Waals surface area contributed by atoms with Gasteiger partial charge in [0.1, 0.15) is 5.82 Å². The van der Waals surface area contributed by atoms with Crippen molar-refractivity contribution >= 4 is 17.4 Å². The maximum atomic E-state index is 9.88. The summed E-state index contributed by atoms with van der Waals surface area (Å²) >= 11 is 5.86. The second-order valence-corrected chi connectivity index (χ2v) is 5.40. The fourth-order valence-corrected chi connectivity index (χ4v) is 2.52. The van der Waals surface area contributed by atoms with Crippen LogP contribution in [-0.4, -0.2) is 26.4 Å². The Morgan fingerprint density at radius 2 is 2.25 bits per heavy atom. The molecule has 1 aliphatic heterocycles. The van der Waals surface area contributed by atoms with E-state index < -0.39 is 6.10 Å². The molecule has 3 heterocycles. The highest BCUT2D eigenvalue weighted by molar-refractivity contribution is 6.30. The van der Waals surface area contributed by atoms with E-state index in [4.69, 9.17) is 11.6 Å². The summed E-state index contributed by atoms with van der Waals surface area (Å²) in [4.78, 5) is 6.54. The number of aliphatic hydroxyl groups excluding tert-OH is 1. The van der Waals surface area contributed by atoms with Gasteiger partial charge in [0, 0.05) is 12.7 Å². The van der Waals surface area contributed by atoms with Crippen molar-refractivity contribution in [2.75, 3.05) is 11.4 Å². The Morgan fingerprint density at radius 1 is 1.40 bits per heavy atom. The van der Waals surface area contributed by atoms with E-state index in [-0.39, 0.29) is 0 Å². The molecular formula is C14H17ClN4O. The van der Waals surface area contributed by atoms with E-state index in [1.165, 1.54) is 0 Å². The first-order valence-electron chi connectivity index (χ1n) is 6.78. The van der Waals surface area contributed by atoms with Gasteiger partial charge in [-0.3, -0.25) is 4.68 Å². The lowest BCUT2D eigenvalue weighted by Crippen LogP contribution is -2.34. The van der Waals surface area contributed by atoms with Crippen molar-refractivity contribution in [3.8, 4) is 0 Å². The zero-order valence-electron chi connectivity index (χ0n) is 11.3. The molecule has 0 aromatic carbocycles. The quantitative estimate of drug-likeness (QED) is 0.944. The number of nitrogens with zero attached hydrogens (tertiary/aromatic N) is 4. The first kappa shape index (κ1) is 13.4. The molecule has 0 unspecified atom stereocenters. The molecule has 6 heteroatoms. The highest BCUT2D eigenvalue weighted by Crippen LogP contribution is 2.23. The summed E-state index contributed by atoms with van der Waals surface area (Å²) in [6.45, 7) is 4.35. The monoisotopic (exact) mass is 292 g/mol. The maximum absolute atomic E-state index is 9.88. The third-order valence-electron chi connectivity index (χ3n) is 3.58. The van der Waals surface area contributed by atoms with Crippen LogP contribution < -0.4 is 4.90 Å². The average Bonchev–Trinajstić information content (AvgIpc) is 2.90. The van der Waals surface area contributed by atoms with Crippen molar-refractivity contribution in [1.29, 1.82) is 0 Å². The minimum Gasteiger partial charge on any atom is -0.387 e. The van der Waals surface area contributed by atoms with Crippen molar-refractivity contribution in [1.82, 2.24) is 14.8 Å². The molecule has 0 bridgehead atoms. The molecule has 0 saturated carbocycles. The van der Waals surface area contributed by atoms with Crippen molar-refractivity contribution in [2.45, 2.75) is 32.5 Å². The molecular weight excluding hydrogens is 276 g/mol. The minimum absolute atomic E-state index is 0.477. The highest BCUT2D eigenvalue weighted by atomic mass is 35.5. The zero-order chi connectivity index (χ0) is 14.1. The van der Waals surface area contributed by atoms with Crippen molar-refractivity contribution < 1.29 is 5.11 Å². The number of halogens is 1. The molecule has 1 aliphatic rings. The number of aromatic nitrogens is 3. The zero-order valence-corrected chi connectivity index (χ0v) is 12.1.